The quantitative estimate of drug-likeness (QED) is 0.246. The number of unbranched alkanes of at least 4 members (excludes halogenated alkanes) is 1. The van der Waals surface area contributed by atoms with Crippen LogP contribution >= 0.6 is 0 Å². The number of nitrogens with one attached hydrogen (secondary N) is 1. The predicted octanol–water partition coefficient (Wildman–Crippen LogP) is 5.88. The average molecular weight is 512 g/mol. The van der Waals surface area contributed by atoms with E-state index in [-0.39, 0.29) is 23.3 Å². The smallest absolute Gasteiger partial charge is 0.303 e. The Kier molecular flexibility index (Phi) is 7.08. The molecule has 0 unspecified atom stereocenters. The molecule has 0 amide bonds. The molecular weight excluding hydrogens is 478 g/mol. The molecule has 3 aromatic rings. The second-order valence-electron chi connectivity index (χ2n) is 9.96. The van der Waals surface area contributed by atoms with Gasteiger partial charge in [0, 0.05) is 29.3 Å². The normalized spacial score (nSPS) is 23.8. The number of carboxylic acid groups (broad SMARTS) is 1. The maximum atomic E-state index is 13.7. The lowest BCUT2D eigenvalue weighted by Gasteiger charge is -2.31. The van der Waals surface area contributed by atoms with Gasteiger partial charge in [-0.2, -0.15) is 0 Å². The molecule has 4 atom stereocenters. The van der Waals surface area contributed by atoms with Crippen LogP contribution in [0.5, 0.6) is 5.75 Å². The SMILES string of the molecule is CCOc1cc2c(cc1S(=O)(=O)N[C@@H]1[C@@H]3CC[C@@H](C3)[C@H]1C/C=C\CCCC(=O)O)oc1ccccc12. The maximum Gasteiger partial charge on any atom is 0.303 e. The molecule has 0 saturated heterocycles. The fraction of sp³-hybridized carbons (Fsp3) is 0.464. The molecule has 7 nitrogen and oxygen atoms in total. The Bertz CT molecular complexity index is 1390. The van der Waals surface area contributed by atoms with Gasteiger partial charge in [0.1, 0.15) is 21.8 Å². The number of ether oxygens (including phenoxy) is 1. The van der Waals surface area contributed by atoms with E-state index in [4.69, 9.17) is 14.3 Å². The Balaban J connectivity index is 1.39. The van der Waals surface area contributed by atoms with Crippen molar-refractivity contribution in [3.05, 3.63) is 48.6 Å². The minimum Gasteiger partial charge on any atom is -0.492 e. The van der Waals surface area contributed by atoms with E-state index in [1.807, 2.05) is 37.3 Å². The minimum absolute atomic E-state index is 0.113. The van der Waals surface area contributed by atoms with Crippen molar-refractivity contribution in [1.82, 2.24) is 4.72 Å². The number of hydrogen-bond donors (Lipinski definition) is 2. The number of benzene rings is 2. The van der Waals surface area contributed by atoms with Gasteiger partial charge < -0.3 is 14.3 Å². The summed E-state index contributed by atoms with van der Waals surface area (Å²) < 4.78 is 42.3. The number of furan rings is 1. The molecule has 192 valence electrons. The molecule has 5 rings (SSSR count). The van der Waals surface area contributed by atoms with Gasteiger partial charge in [-0.1, -0.05) is 30.4 Å². The van der Waals surface area contributed by atoms with Gasteiger partial charge in [-0.25, -0.2) is 13.1 Å². The first-order valence-corrected chi connectivity index (χ1v) is 14.3. The van der Waals surface area contributed by atoms with E-state index in [9.17, 15) is 13.2 Å². The van der Waals surface area contributed by atoms with Crippen LogP contribution in [0.15, 0.2) is 57.9 Å². The van der Waals surface area contributed by atoms with Crippen molar-refractivity contribution in [2.24, 2.45) is 17.8 Å². The van der Waals surface area contributed by atoms with Gasteiger partial charge in [-0.3, -0.25) is 4.79 Å². The standard InChI is InChI=1S/C28H33NO6S/c1-2-34-25-16-22-21-10-7-8-11-23(21)35-24(22)17-26(25)36(32,33)29-28-19-14-13-18(15-19)20(28)9-5-3-4-6-12-27(30)31/h3,5,7-8,10-11,16-20,28-29H,2,4,6,9,12-15H2,1H3,(H,30,31)/b5-3-/t18-,19+,20+,28+/m0/s1. The van der Waals surface area contributed by atoms with Crippen LogP contribution in [0, 0.1) is 17.8 Å². The highest BCUT2D eigenvalue weighted by Gasteiger charge is 2.48. The molecule has 1 aromatic heterocycles. The first-order valence-electron chi connectivity index (χ1n) is 12.8. The summed E-state index contributed by atoms with van der Waals surface area (Å²) in [5, 5.41) is 10.6. The van der Waals surface area contributed by atoms with E-state index >= 15 is 0 Å². The fourth-order valence-electron chi connectivity index (χ4n) is 6.13. The van der Waals surface area contributed by atoms with Crippen LogP contribution in [-0.2, 0) is 14.8 Å². The van der Waals surface area contributed by atoms with Gasteiger partial charge in [-0.05, 0) is 75.3 Å². The Morgan fingerprint density at radius 1 is 1.14 bits per heavy atom. The number of para-hydroxylation sites is 1. The number of carboxylic acids is 1. The number of carbonyl (C=O) groups is 1. The van der Waals surface area contributed by atoms with Crippen molar-refractivity contribution >= 4 is 37.9 Å². The summed E-state index contributed by atoms with van der Waals surface area (Å²) in [4.78, 5) is 10.8. The molecule has 0 radical (unpaired) electrons. The fourth-order valence-corrected chi connectivity index (χ4v) is 7.63. The summed E-state index contributed by atoms with van der Waals surface area (Å²) >= 11 is 0. The van der Waals surface area contributed by atoms with Gasteiger partial charge in [0.25, 0.3) is 0 Å². The van der Waals surface area contributed by atoms with E-state index < -0.39 is 16.0 Å². The van der Waals surface area contributed by atoms with E-state index in [1.165, 1.54) is 0 Å². The molecule has 2 aliphatic carbocycles. The second-order valence-corrected chi connectivity index (χ2v) is 11.6. The molecule has 36 heavy (non-hydrogen) atoms. The lowest BCUT2D eigenvalue weighted by molar-refractivity contribution is -0.137. The van der Waals surface area contributed by atoms with Gasteiger partial charge in [0.15, 0.2) is 0 Å². The van der Waals surface area contributed by atoms with Crippen LogP contribution in [0.1, 0.15) is 51.9 Å². The molecule has 2 N–H and O–H groups in total. The highest BCUT2D eigenvalue weighted by atomic mass is 32.2. The molecule has 0 aliphatic heterocycles. The molecule has 2 bridgehead atoms. The monoisotopic (exact) mass is 511 g/mol. The number of rotatable bonds is 11. The Labute approximate surface area is 211 Å². The lowest BCUT2D eigenvalue weighted by Crippen LogP contribution is -2.43. The number of allylic oxidation sites excluding steroid dienone is 2. The summed E-state index contributed by atoms with van der Waals surface area (Å²) in [7, 11) is -3.85. The van der Waals surface area contributed by atoms with Crippen molar-refractivity contribution in [1.29, 1.82) is 0 Å². The molecule has 2 aliphatic rings. The molecule has 2 saturated carbocycles. The molecular formula is C28H33NO6S. The number of fused-ring (bicyclic) bond motifs is 5. The van der Waals surface area contributed by atoms with Gasteiger partial charge in [-0.15, -0.1) is 0 Å². The zero-order valence-electron chi connectivity index (χ0n) is 20.5. The van der Waals surface area contributed by atoms with Crippen LogP contribution in [0.4, 0.5) is 0 Å². The van der Waals surface area contributed by atoms with Crippen molar-refractivity contribution in [3.63, 3.8) is 0 Å². The zero-order chi connectivity index (χ0) is 25.3. The van der Waals surface area contributed by atoms with E-state index in [0.29, 0.717) is 41.8 Å². The van der Waals surface area contributed by atoms with Crippen LogP contribution in [0.2, 0.25) is 0 Å². The lowest BCUT2D eigenvalue weighted by atomic mass is 9.83. The topological polar surface area (TPSA) is 106 Å². The summed E-state index contributed by atoms with van der Waals surface area (Å²) in [6.07, 6.45) is 9.64. The average Bonchev–Trinajstić information content (AvgIpc) is 3.54. The van der Waals surface area contributed by atoms with Crippen LogP contribution in [0.25, 0.3) is 21.9 Å². The van der Waals surface area contributed by atoms with Gasteiger partial charge >= 0.3 is 5.97 Å². The van der Waals surface area contributed by atoms with Crippen molar-refractivity contribution < 1.29 is 27.5 Å². The summed E-state index contributed by atoms with van der Waals surface area (Å²) in [5.41, 5.74) is 1.23. The first-order chi connectivity index (χ1) is 17.4. The third-order valence-corrected chi connectivity index (χ3v) is 9.23. The highest BCUT2D eigenvalue weighted by Crippen LogP contribution is 2.50. The molecule has 8 heteroatoms. The number of aliphatic carboxylic acids is 1. The van der Waals surface area contributed by atoms with Crippen LogP contribution in [-0.4, -0.2) is 32.1 Å². The Morgan fingerprint density at radius 2 is 1.94 bits per heavy atom. The summed E-state index contributed by atoms with van der Waals surface area (Å²) in [6, 6.07) is 10.9. The van der Waals surface area contributed by atoms with E-state index in [0.717, 1.165) is 42.9 Å². The van der Waals surface area contributed by atoms with Crippen LogP contribution < -0.4 is 9.46 Å². The largest absolute Gasteiger partial charge is 0.492 e. The Hall–Kier alpha value is -2.84. The molecule has 2 fully saturated rings. The predicted molar refractivity (Wildman–Crippen MR) is 139 cm³/mol. The van der Waals surface area contributed by atoms with Gasteiger partial charge in [0.05, 0.1) is 6.61 Å². The summed E-state index contributed by atoms with van der Waals surface area (Å²) in [5.74, 6) is 0.635. The molecule has 1 heterocycles. The minimum atomic E-state index is -3.85. The first kappa shape index (κ1) is 24.8. The van der Waals surface area contributed by atoms with Crippen molar-refractivity contribution in [2.75, 3.05) is 6.61 Å². The number of sulfonamides is 1. The third kappa shape index (κ3) is 4.89. The molecule has 0 spiro atoms. The summed E-state index contributed by atoms with van der Waals surface area (Å²) in [6.45, 7) is 2.20. The highest BCUT2D eigenvalue weighted by molar-refractivity contribution is 7.89. The van der Waals surface area contributed by atoms with Crippen LogP contribution in [0.3, 0.4) is 0 Å². The van der Waals surface area contributed by atoms with E-state index in [1.54, 1.807) is 12.1 Å². The maximum absolute atomic E-state index is 13.7. The second kappa shape index (κ2) is 10.3. The third-order valence-electron chi connectivity index (χ3n) is 7.75. The molecule has 2 aromatic carbocycles. The Morgan fingerprint density at radius 3 is 2.75 bits per heavy atom. The van der Waals surface area contributed by atoms with Crippen molar-refractivity contribution in [2.45, 2.75) is 62.8 Å². The number of hydrogen-bond acceptors (Lipinski definition) is 5. The van der Waals surface area contributed by atoms with Crippen molar-refractivity contribution in [3.8, 4) is 5.75 Å². The van der Waals surface area contributed by atoms with E-state index in [2.05, 4.69) is 10.8 Å². The zero-order valence-corrected chi connectivity index (χ0v) is 21.3. The van der Waals surface area contributed by atoms with Gasteiger partial charge in [0.2, 0.25) is 10.0 Å².